The van der Waals surface area contributed by atoms with E-state index in [9.17, 15) is 56.8 Å². The number of carbonyl (C=O) groups excluding carboxylic acids is 2. The van der Waals surface area contributed by atoms with Crippen molar-refractivity contribution in [2.45, 2.75) is 81.2 Å². The fourth-order valence-electron chi connectivity index (χ4n) is 5.66. The number of carboxylic acid groups (broad SMARTS) is 1. The van der Waals surface area contributed by atoms with Gasteiger partial charge in [-0.1, -0.05) is 30.7 Å². The summed E-state index contributed by atoms with van der Waals surface area (Å²) >= 11 is 6.30. The monoisotopic (exact) mass is 709 g/mol. The Balaban J connectivity index is 1.35. The zero-order valence-corrected chi connectivity index (χ0v) is 25.5. The highest BCUT2D eigenvalue weighted by Crippen LogP contribution is 2.47. The SMILES string of the molecule is C[C@H](C(C(=O)Nc1cc([C@@H](CC(=O)OC2O[C@H](C(=O)O)[C@@H](O)[C@H](O)[C@H]2O)C2CC2)ccc1Cl)c1ccc2c(c1)OC(F)(F)O2)C(F)(F)F. The van der Waals surface area contributed by atoms with E-state index in [1.165, 1.54) is 18.2 Å². The van der Waals surface area contributed by atoms with E-state index in [1.54, 1.807) is 0 Å². The number of carbonyl (C=O) groups is 3. The van der Waals surface area contributed by atoms with Crippen LogP contribution >= 0.6 is 11.6 Å². The molecule has 2 fully saturated rings. The lowest BCUT2D eigenvalue weighted by Gasteiger charge is -2.38. The first-order valence-electron chi connectivity index (χ1n) is 14.5. The number of anilines is 1. The van der Waals surface area contributed by atoms with Gasteiger partial charge < -0.3 is 44.7 Å². The molecule has 1 saturated heterocycles. The van der Waals surface area contributed by atoms with Crippen molar-refractivity contribution in [2.75, 3.05) is 5.32 Å². The van der Waals surface area contributed by atoms with Crippen LogP contribution in [0.2, 0.25) is 5.02 Å². The molecule has 2 aromatic carbocycles. The summed E-state index contributed by atoms with van der Waals surface area (Å²) in [6.45, 7) is 0.752. The average molecular weight is 710 g/mol. The fraction of sp³-hybridized carbons (Fsp3) is 0.500. The number of alkyl halides is 5. The van der Waals surface area contributed by atoms with Crippen LogP contribution in [0.5, 0.6) is 11.5 Å². The van der Waals surface area contributed by atoms with Crippen molar-refractivity contribution in [3.05, 3.63) is 52.5 Å². The highest BCUT2D eigenvalue weighted by atomic mass is 35.5. The summed E-state index contributed by atoms with van der Waals surface area (Å²) in [4.78, 5) is 37.8. The van der Waals surface area contributed by atoms with Crippen LogP contribution < -0.4 is 14.8 Å². The number of fused-ring (bicyclic) bond motifs is 1. The molecule has 48 heavy (non-hydrogen) atoms. The van der Waals surface area contributed by atoms with Gasteiger partial charge in [0, 0.05) is 0 Å². The third-order valence-electron chi connectivity index (χ3n) is 8.40. The number of halogens is 6. The number of ether oxygens (including phenoxy) is 4. The molecule has 1 aliphatic carbocycles. The molecule has 3 aliphatic rings. The van der Waals surface area contributed by atoms with E-state index < -0.39 is 90.3 Å². The maximum Gasteiger partial charge on any atom is 0.586 e. The van der Waals surface area contributed by atoms with E-state index in [0.29, 0.717) is 18.4 Å². The summed E-state index contributed by atoms with van der Waals surface area (Å²) in [5, 5.41) is 41.6. The molecule has 2 heterocycles. The van der Waals surface area contributed by atoms with Crippen molar-refractivity contribution >= 4 is 35.1 Å². The number of hydrogen-bond acceptors (Lipinski definition) is 10. The number of carboxylic acids is 1. The Labute approximate surface area is 273 Å². The fourth-order valence-corrected chi connectivity index (χ4v) is 5.82. The predicted molar refractivity (Wildman–Crippen MR) is 151 cm³/mol. The third-order valence-corrected chi connectivity index (χ3v) is 8.73. The van der Waals surface area contributed by atoms with Gasteiger partial charge in [0.1, 0.15) is 18.3 Å². The minimum Gasteiger partial charge on any atom is -0.479 e. The number of esters is 1. The summed E-state index contributed by atoms with van der Waals surface area (Å²) in [5.41, 5.74) is 0.0132. The van der Waals surface area contributed by atoms with Gasteiger partial charge in [-0.05, 0) is 60.1 Å². The number of aliphatic carboxylic acids is 1. The van der Waals surface area contributed by atoms with Crippen LogP contribution in [0.4, 0.5) is 27.6 Å². The lowest BCUT2D eigenvalue weighted by Crippen LogP contribution is -2.60. The topological polar surface area (TPSA) is 181 Å². The standard InChI is InChI=1S/C30H29ClF5NO11/c1-11(29(32,33)34)21(14-5-7-18-19(9-14)48-30(35,36)47-18)26(42)37-17-8-13(4-6-16(17)31)15(12-2-3-12)10-20(38)45-28-24(41)22(39)23(40)25(46-28)27(43)44/h4-9,11-12,15,21-25,28,39-41H,2-3,10H2,1H3,(H,37,42)(H,43,44)/t11-,15+,21?,22+,23+,24-,25+,28?/m1/s1. The molecule has 18 heteroatoms. The van der Waals surface area contributed by atoms with E-state index in [2.05, 4.69) is 14.8 Å². The molecule has 1 saturated carbocycles. The Morgan fingerprint density at radius 2 is 1.65 bits per heavy atom. The van der Waals surface area contributed by atoms with Crippen molar-refractivity contribution in [3.8, 4) is 11.5 Å². The van der Waals surface area contributed by atoms with Crippen LogP contribution in [0.3, 0.4) is 0 Å². The van der Waals surface area contributed by atoms with E-state index in [0.717, 1.165) is 25.1 Å². The van der Waals surface area contributed by atoms with Crippen molar-refractivity contribution < 1.29 is 75.7 Å². The molecule has 0 bridgehead atoms. The maximum absolute atomic E-state index is 13.9. The number of nitrogens with one attached hydrogen (secondary N) is 1. The largest absolute Gasteiger partial charge is 0.586 e. The summed E-state index contributed by atoms with van der Waals surface area (Å²) in [6, 6.07) is 7.09. The molecular formula is C30H29ClF5NO11. The quantitative estimate of drug-likeness (QED) is 0.178. The second kappa shape index (κ2) is 13.3. The van der Waals surface area contributed by atoms with E-state index in [4.69, 9.17) is 21.1 Å². The highest BCUT2D eigenvalue weighted by molar-refractivity contribution is 6.33. The van der Waals surface area contributed by atoms with Gasteiger partial charge in [0.2, 0.25) is 12.2 Å². The van der Waals surface area contributed by atoms with Crippen LogP contribution in [0.15, 0.2) is 36.4 Å². The molecule has 2 aromatic rings. The number of benzene rings is 2. The molecule has 5 N–H and O–H groups in total. The first kappa shape index (κ1) is 35.5. The van der Waals surface area contributed by atoms with Crippen LogP contribution in [-0.4, -0.2) is 81.4 Å². The summed E-state index contributed by atoms with van der Waals surface area (Å²) < 4.78 is 87.7. The molecule has 12 nitrogen and oxygen atoms in total. The lowest BCUT2D eigenvalue weighted by atomic mass is 9.85. The number of aliphatic hydroxyl groups excluding tert-OH is 3. The van der Waals surface area contributed by atoms with Crippen LogP contribution in [-0.2, 0) is 23.9 Å². The Morgan fingerprint density at radius 3 is 2.27 bits per heavy atom. The summed E-state index contributed by atoms with van der Waals surface area (Å²) in [7, 11) is 0. The minimum absolute atomic E-state index is 0.0704. The second-order valence-electron chi connectivity index (χ2n) is 11.8. The van der Waals surface area contributed by atoms with Gasteiger partial charge in [0.15, 0.2) is 17.6 Å². The Kier molecular flexibility index (Phi) is 9.82. The lowest BCUT2D eigenvalue weighted by molar-refractivity contribution is -0.286. The summed E-state index contributed by atoms with van der Waals surface area (Å²) in [5.74, 6) is -9.74. The van der Waals surface area contributed by atoms with Gasteiger partial charge in [-0.25, -0.2) is 4.79 Å². The molecule has 0 spiro atoms. The van der Waals surface area contributed by atoms with Crippen molar-refractivity contribution in [1.82, 2.24) is 0 Å². The number of aliphatic hydroxyl groups is 3. The smallest absolute Gasteiger partial charge is 0.479 e. The van der Waals surface area contributed by atoms with E-state index in [1.807, 2.05) is 0 Å². The number of hydrogen-bond donors (Lipinski definition) is 5. The Hall–Kier alpha value is -3.77. The molecule has 2 unspecified atom stereocenters. The van der Waals surface area contributed by atoms with E-state index >= 15 is 0 Å². The maximum atomic E-state index is 13.9. The van der Waals surface area contributed by atoms with Crippen LogP contribution in [0, 0.1) is 11.8 Å². The Bertz CT molecular complexity index is 1570. The van der Waals surface area contributed by atoms with E-state index in [-0.39, 0.29) is 28.6 Å². The Morgan fingerprint density at radius 1 is 1.00 bits per heavy atom. The first-order valence-corrected chi connectivity index (χ1v) is 14.9. The van der Waals surface area contributed by atoms with Gasteiger partial charge in [-0.2, -0.15) is 13.2 Å². The number of rotatable bonds is 10. The first-order chi connectivity index (χ1) is 22.4. The molecule has 1 amide bonds. The zero-order chi connectivity index (χ0) is 35.3. The predicted octanol–water partition coefficient (Wildman–Crippen LogP) is 3.90. The minimum atomic E-state index is -4.89. The van der Waals surface area contributed by atoms with Crippen LogP contribution in [0.25, 0.3) is 0 Å². The highest BCUT2D eigenvalue weighted by Gasteiger charge is 2.50. The van der Waals surface area contributed by atoms with Crippen molar-refractivity contribution in [2.24, 2.45) is 11.8 Å². The third kappa shape index (κ3) is 7.59. The molecule has 2 aliphatic heterocycles. The molecule has 8 atom stereocenters. The molecule has 262 valence electrons. The average Bonchev–Trinajstić information content (AvgIpc) is 3.78. The summed E-state index contributed by atoms with van der Waals surface area (Å²) in [6.07, 6.45) is -17.8. The van der Waals surface area contributed by atoms with Crippen molar-refractivity contribution in [1.29, 1.82) is 0 Å². The van der Waals surface area contributed by atoms with Gasteiger partial charge in [-0.15, -0.1) is 8.78 Å². The van der Waals surface area contributed by atoms with Gasteiger partial charge >= 0.3 is 24.4 Å². The van der Waals surface area contributed by atoms with Gasteiger partial charge in [0.25, 0.3) is 0 Å². The molecule has 0 radical (unpaired) electrons. The molecular weight excluding hydrogens is 681 g/mol. The molecule has 5 rings (SSSR count). The molecule has 0 aromatic heterocycles. The van der Waals surface area contributed by atoms with Gasteiger partial charge in [0.05, 0.1) is 29.0 Å². The normalized spacial score (nSPS) is 26.7. The number of amides is 1. The van der Waals surface area contributed by atoms with Gasteiger partial charge in [-0.3, -0.25) is 9.59 Å². The zero-order valence-electron chi connectivity index (χ0n) is 24.7. The second-order valence-corrected chi connectivity index (χ2v) is 12.2. The van der Waals surface area contributed by atoms with Crippen molar-refractivity contribution in [3.63, 3.8) is 0 Å². The van der Waals surface area contributed by atoms with Crippen LogP contribution in [0.1, 0.15) is 49.1 Å².